The van der Waals surface area contributed by atoms with Crippen molar-refractivity contribution in [1.82, 2.24) is 10.2 Å². The van der Waals surface area contributed by atoms with Crippen LogP contribution in [0.25, 0.3) is 0 Å². The van der Waals surface area contributed by atoms with Crippen molar-refractivity contribution < 1.29 is 23.9 Å². The Balaban J connectivity index is 2.24. The lowest BCUT2D eigenvalue weighted by Crippen LogP contribution is -2.36. The van der Waals surface area contributed by atoms with Crippen molar-refractivity contribution in [3.8, 4) is 0 Å². The molecule has 1 saturated heterocycles. The van der Waals surface area contributed by atoms with Crippen molar-refractivity contribution in [1.29, 1.82) is 0 Å². The number of ether oxygens (including phenoxy) is 1. The maximum Gasteiger partial charge on any atom is 0.407 e. The summed E-state index contributed by atoms with van der Waals surface area (Å²) in [6, 6.07) is 0. The summed E-state index contributed by atoms with van der Waals surface area (Å²) in [5.41, 5.74) is -0.575. The summed E-state index contributed by atoms with van der Waals surface area (Å²) in [5.74, 6) is -1.40. The Morgan fingerprint density at radius 2 is 1.75 bits per heavy atom. The normalized spacial score (nSPS) is 15.4. The molecule has 0 aromatic rings. The number of carbonyl (C=O) groups is 4. The number of amides is 4. The average molecular weight is 284 g/mol. The fourth-order valence-corrected chi connectivity index (χ4v) is 1.71. The fraction of sp³-hybridized carbons (Fsp3) is 0.692. The summed E-state index contributed by atoms with van der Waals surface area (Å²) >= 11 is 0. The van der Waals surface area contributed by atoms with E-state index in [9.17, 15) is 19.2 Å². The Hall–Kier alpha value is -1.92. The summed E-state index contributed by atoms with van der Waals surface area (Å²) < 4.78 is 5.03. The van der Waals surface area contributed by atoms with Gasteiger partial charge in [-0.25, -0.2) is 9.69 Å². The van der Waals surface area contributed by atoms with Gasteiger partial charge in [-0.05, 0) is 27.2 Å². The summed E-state index contributed by atoms with van der Waals surface area (Å²) in [6.07, 6.45) is 0.0161. The molecule has 1 aliphatic heterocycles. The first-order valence-electron chi connectivity index (χ1n) is 6.56. The Morgan fingerprint density at radius 3 is 2.25 bits per heavy atom. The van der Waals surface area contributed by atoms with Crippen molar-refractivity contribution in [3.05, 3.63) is 0 Å². The van der Waals surface area contributed by atoms with Gasteiger partial charge < -0.3 is 10.1 Å². The van der Waals surface area contributed by atoms with Crippen LogP contribution in [0.4, 0.5) is 4.79 Å². The summed E-state index contributed by atoms with van der Waals surface area (Å²) in [5, 5.41) is 2.51. The number of carbonyl (C=O) groups excluding carboxylic acids is 4. The molecule has 0 saturated carbocycles. The van der Waals surface area contributed by atoms with Crippen LogP contribution in [0, 0.1) is 0 Å². The maximum atomic E-state index is 11.7. The monoisotopic (exact) mass is 284 g/mol. The molecule has 1 N–H and O–H groups in total. The van der Waals surface area contributed by atoms with Gasteiger partial charge in [-0.1, -0.05) is 0 Å². The van der Waals surface area contributed by atoms with E-state index in [1.807, 2.05) is 0 Å². The van der Waals surface area contributed by atoms with Gasteiger partial charge in [-0.3, -0.25) is 14.4 Å². The van der Waals surface area contributed by atoms with Crippen molar-refractivity contribution >= 4 is 23.8 Å². The van der Waals surface area contributed by atoms with Crippen molar-refractivity contribution in [2.75, 3.05) is 6.54 Å². The van der Waals surface area contributed by atoms with Gasteiger partial charge in [-0.2, -0.15) is 0 Å². The first-order valence-corrected chi connectivity index (χ1v) is 6.56. The van der Waals surface area contributed by atoms with Gasteiger partial charge in [-0.15, -0.1) is 0 Å². The number of nitrogens with one attached hydrogen (secondary N) is 1. The number of alkyl carbamates (subject to hydrolysis) is 1. The van der Waals surface area contributed by atoms with E-state index in [2.05, 4.69) is 5.32 Å². The second-order valence-corrected chi connectivity index (χ2v) is 5.55. The van der Waals surface area contributed by atoms with Crippen LogP contribution in [0.2, 0.25) is 0 Å². The van der Waals surface area contributed by atoms with Crippen molar-refractivity contribution in [2.45, 2.75) is 52.1 Å². The van der Waals surface area contributed by atoms with E-state index < -0.39 is 29.4 Å². The fourth-order valence-electron chi connectivity index (χ4n) is 1.71. The molecule has 20 heavy (non-hydrogen) atoms. The predicted octanol–water partition coefficient (Wildman–Crippen LogP) is 0.967. The minimum absolute atomic E-state index is 0.0350. The standard InChI is InChI=1S/C13H20N2O5/c1-13(2,3)20-12(19)14-8-4-5-9(16)15-10(17)6-7-11(15)18/h4-8H2,1-3H3,(H,14,19). The van der Waals surface area contributed by atoms with E-state index >= 15 is 0 Å². The van der Waals surface area contributed by atoms with Crippen LogP contribution >= 0.6 is 0 Å². The van der Waals surface area contributed by atoms with Crippen LogP contribution in [0.1, 0.15) is 46.5 Å². The van der Waals surface area contributed by atoms with E-state index in [0.29, 0.717) is 11.3 Å². The molecule has 0 unspecified atom stereocenters. The van der Waals surface area contributed by atoms with Gasteiger partial charge in [0.25, 0.3) is 0 Å². The lowest BCUT2D eigenvalue weighted by Gasteiger charge is -2.19. The lowest BCUT2D eigenvalue weighted by molar-refractivity contribution is -0.149. The third-order valence-corrected chi connectivity index (χ3v) is 2.54. The highest BCUT2D eigenvalue weighted by Gasteiger charge is 2.33. The van der Waals surface area contributed by atoms with Crippen LogP contribution in [0.15, 0.2) is 0 Å². The Bertz CT molecular complexity index is 409. The molecule has 0 atom stereocenters. The van der Waals surface area contributed by atoms with Crippen molar-refractivity contribution in [3.63, 3.8) is 0 Å². The third-order valence-electron chi connectivity index (χ3n) is 2.54. The molecule has 1 rings (SSSR count). The highest BCUT2D eigenvalue weighted by atomic mass is 16.6. The van der Waals surface area contributed by atoms with Crippen LogP contribution in [0.3, 0.4) is 0 Å². The minimum atomic E-state index is -0.575. The molecule has 0 aromatic carbocycles. The molecule has 0 aromatic heterocycles. The van der Waals surface area contributed by atoms with E-state index in [1.54, 1.807) is 20.8 Å². The number of nitrogens with zero attached hydrogens (tertiary/aromatic N) is 1. The van der Waals surface area contributed by atoms with E-state index in [1.165, 1.54) is 0 Å². The van der Waals surface area contributed by atoms with Crippen LogP contribution in [-0.2, 0) is 19.1 Å². The lowest BCUT2D eigenvalue weighted by atomic mass is 10.2. The molecule has 1 fully saturated rings. The molecular formula is C13H20N2O5. The SMILES string of the molecule is CC(C)(C)OC(=O)NCCCC(=O)N1C(=O)CCC1=O. The largest absolute Gasteiger partial charge is 0.444 e. The maximum absolute atomic E-state index is 11.7. The molecule has 112 valence electrons. The number of hydrogen-bond donors (Lipinski definition) is 1. The smallest absolute Gasteiger partial charge is 0.407 e. The van der Waals surface area contributed by atoms with Gasteiger partial charge in [0.2, 0.25) is 17.7 Å². The number of likely N-dealkylation sites (tertiary alicyclic amines) is 1. The summed E-state index contributed by atoms with van der Waals surface area (Å²) in [6.45, 7) is 5.50. The number of rotatable bonds is 4. The first-order chi connectivity index (χ1) is 9.20. The quantitative estimate of drug-likeness (QED) is 0.613. The van der Waals surface area contributed by atoms with E-state index in [0.717, 1.165) is 0 Å². The molecule has 0 spiro atoms. The Morgan fingerprint density at radius 1 is 1.20 bits per heavy atom. The van der Waals surface area contributed by atoms with Crippen LogP contribution < -0.4 is 5.32 Å². The zero-order chi connectivity index (χ0) is 15.3. The van der Waals surface area contributed by atoms with Gasteiger partial charge in [0.1, 0.15) is 5.60 Å². The number of hydrogen-bond acceptors (Lipinski definition) is 5. The molecule has 1 heterocycles. The first kappa shape index (κ1) is 16.1. The highest BCUT2D eigenvalue weighted by molar-refractivity contribution is 6.14. The predicted molar refractivity (Wildman–Crippen MR) is 69.6 cm³/mol. The minimum Gasteiger partial charge on any atom is -0.444 e. The summed E-state index contributed by atoms with van der Waals surface area (Å²) in [7, 11) is 0. The molecule has 0 aliphatic carbocycles. The Labute approximate surface area is 117 Å². The molecule has 0 bridgehead atoms. The second kappa shape index (κ2) is 6.49. The molecule has 1 aliphatic rings. The highest BCUT2D eigenvalue weighted by Crippen LogP contribution is 2.13. The third kappa shape index (κ3) is 4.99. The molecule has 4 amide bonds. The molecule has 7 nitrogen and oxygen atoms in total. The van der Waals surface area contributed by atoms with Crippen LogP contribution in [0.5, 0.6) is 0 Å². The van der Waals surface area contributed by atoms with Gasteiger partial charge in [0.05, 0.1) is 0 Å². The molecule has 7 heteroatoms. The molecule has 0 radical (unpaired) electrons. The van der Waals surface area contributed by atoms with Crippen molar-refractivity contribution in [2.24, 2.45) is 0 Å². The van der Waals surface area contributed by atoms with Crippen LogP contribution in [-0.4, -0.2) is 40.9 Å². The number of imide groups is 3. The van der Waals surface area contributed by atoms with Gasteiger partial charge in [0.15, 0.2) is 0 Å². The molecular weight excluding hydrogens is 264 g/mol. The summed E-state index contributed by atoms with van der Waals surface area (Å²) in [4.78, 5) is 46.3. The second-order valence-electron chi connectivity index (χ2n) is 5.55. The zero-order valence-electron chi connectivity index (χ0n) is 12.0. The Kier molecular flexibility index (Phi) is 5.24. The van der Waals surface area contributed by atoms with E-state index in [-0.39, 0.29) is 25.8 Å². The van der Waals surface area contributed by atoms with Gasteiger partial charge in [0, 0.05) is 25.8 Å². The van der Waals surface area contributed by atoms with E-state index in [4.69, 9.17) is 4.74 Å². The zero-order valence-corrected chi connectivity index (χ0v) is 12.0. The van der Waals surface area contributed by atoms with Gasteiger partial charge >= 0.3 is 6.09 Å². The topological polar surface area (TPSA) is 92.8 Å². The average Bonchev–Trinajstić information content (AvgIpc) is 2.62.